The molecule has 0 fully saturated rings. The molecule has 5 nitrogen and oxygen atoms in total. The molecule has 9 heteroatoms. The highest BCUT2D eigenvalue weighted by Crippen LogP contribution is 2.26. The van der Waals surface area contributed by atoms with E-state index in [0.717, 1.165) is 10.2 Å². The lowest BCUT2D eigenvalue weighted by Crippen LogP contribution is -2.21. The average molecular weight is 445 g/mol. The maximum absolute atomic E-state index is 12.2. The molecule has 0 aliphatic rings. The van der Waals surface area contributed by atoms with Crippen molar-refractivity contribution in [3.8, 4) is 5.69 Å². The highest BCUT2D eigenvalue weighted by atomic mass is 35.5. The van der Waals surface area contributed by atoms with Crippen molar-refractivity contribution < 1.29 is 5.11 Å². The zero-order chi connectivity index (χ0) is 19.6. The van der Waals surface area contributed by atoms with Crippen LogP contribution in [0.2, 0.25) is 20.1 Å². The van der Waals surface area contributed by atoms with Gasteiger partial charge in [0.1, 0.15) is 5.02 Å². The van der Waals surface area contributed by atoms with Crippen LogP contribution in [-0.2, 0) is 0 Å². The topological polar surface area (TPSA) is 67.2 Å². The molecule has 1 aromatic heterocycles. The Labute approximate surface area is 175 Å². The number of halogens is 4. The Balaban J connectivity index is 1.76. The summed E-state index contributed by atoms with van der Waals surface area (Å²) in [6, 6.07) is 11.8. The van der Waals surface area contributed by atoms with Crippen LogP contribution < -0.4 is 10.9 Å². The lowest BCUT2D eigenvalue weighted by molar-refractivity contribution is 0.191. The number of anilines is 1. The average Bonchev–Trinajstić information content (AvgIpc) is 2.65. The molecule has 2 aromatic carbocycles. The van der Waals surface area contributed by atoms with Gasteiger partial charge in [0, 0.05) is 11.6 Å². The van der Waals surface area contributed by atoms with Crippen molar-refractivity contribution in [1.29, 1.82) is 0 Å². The molecule has 1 unspecified atom stereocenters. The number of aliphatic hydroxyl groups excluding tert-OH is 1. The summed E-state index contributed by atoms with van der Waals surface area (Å²) in [5.41, 5.74) is 1.22. The summed E-state index contributed by atoms with van der Waals surface area (Å²) in [6.07, 6.45) is 0.547. The Morgan fingerprint density at radius 1 is 1.04 bits per heavy atom. The third-order valence-corrected chi connectivity index (χ3v) is 5.13. The van der Waals surface area contributed by atoms with Gasteiger partial charge in [-0.15, -0.1) is 0 Å². The first-order valence-electron chi connectivity index (χ1n) is 7.77. The first-order chi connectivity index (χ1) is 12.9. The molecule has 140 valence electrons. The van der Waals surface area contributed by atoms with Crippen molar-refractivity contribution in [3.63, 3.8) is 0 Å². The van der Waals surface area contributed by atoms with Gasteiger partial charge in [0.25, 0.3) is 5.56 Å². The summed E-state index contributed by atoms with van der Waals surface area (Å²) in [6.45, 7) is 0.242. The molecule has 0 radical (unpaired) electrons. The fourth-order valence-corrected chi connectivity index (χ4v) is 3.01. The second-order valence-corrected chi connectivity index (χ2v) is 7.26. The van der Waals surface area contributed by atoms with E-state index in [1.54, 1.807) is 42.5 Å². The molecule has 2 N–H and O–H groups in total. The zero-order valence-electron chi connectivity index (χ0n) is 13.7. The van der Waals surface area contributed by atoms with Crippen molar-refractivity contribution in [1.82, 2.24) is 9.78 Å². The van der Waals surface area contributed by atoms with Crippen LogP contribution in [0.5, 0.6) is 0 Å². The lowest BCUT2D eigenvalue weighted by Gasteiger charge is -2.15. The quantitative estimate of drug-likeness (QED) is 0.581. The molecule has 0 aliphatic heterocycles. The highest BCUT2D eigenvalue weighted by Gasteiger charge is 2.12. The smallest absolute Gasteiger partial charge is 0.291 e. The monoisotopic (exact) mass is 443 g/mol. The van der Waals surface area contributed by atoms with E-state index < -0.39 is 11.7 Å². The van der Waals surface area contributed by atoms with Crippen LogP contribution in [0.25, 0.3) is 5.69 Å². The molecule has 0 amide bonds. The summed E-state index contributed by atoms with van der Waals surface area (Å²) in [4.78, 5) is 12.2. The predicted molar refractivity (Wildman–Crippen MR) is 110 cm³/mol. The summed E-state index contributed by atoms with van der Waals surface area (Å²) >= 11 is 23.8. The van der Waals surface area contributed by atoms with Crippen molar-refractivity contribution in [3.05, 3.63) is 84.7 Å². The molecular weight excluding hydrogens is 432 g/mol. The van der Waals surface area contributed by atoms with Gasteiger partial charge >= 0.3 is 0 Å². The van der Waals surface area contributed by atoms with Crippen LogP contribution in [-0.4, -0.2) is 21.4 Å². The Hall–Kier alpha value is -1.76. The molecular formula is C18H13Cl4N3O2. The minimum absolute atomic E-state index is 0.0819. The van der Waals surface area contributed by atoms with Crippen LogP contribution >= 0.6 is 46.4 Å². The van der Waals surface area contributed by atoms with Gasteiger partial charge in [-0.2, -0.15) is 9.78 Å². The van der Waals surface area contributed by atoms with Gasteiger partial charge < -0.3 is 10.4 Å². The van der Waals surface area contributed by atoms with E-state index in [9.17, 15) is 9.90 Å². The minimum Gasteiger partial charge on any atom is -0.387 e. The predicted octanol–water partition coefficient (Wildman–Crippen LogP) is 4.99. The van der Waals surface area contributed by atoms with Crippen LogP contribution in [0, 0.1) is 0 Å². The van der Waals surface area contributed by atoms with E-state index in [1.165, 1.54) is 6.20 Å². The summed E-state index contributed by atoms with van der Waals surface area (Å²) in [5.74, 6) is 0. The number of benzene rings is 2. The van der Waals surface area contributed by atoms with Crippen molar-refractivity contribution in [2.75, 3.05) is 11.9 Å². The normalized spacial score (nSPS) is 12.0. The van der Waals surface area contributed by atoms with Crippen LogP contribution in [0.4, 0.5) is 5.69 Å². The standard InChI is InChI=1S/C18H13Cl4N3O2/c19-11-3-1-10(2-4-11)16(26)9-23-15-6-5-12(7-13(15)20)25-18(27)17(22)14(21)8-24-25/h1-8,16,23,26H,9H2. The van der Waals surface area contributed by atoms with Gasteiger partial charge in [0.05, 0.1) is 33.7 Å². The van der Waals surface area contributed by atoms with Crippen LogP contribution in [0.1, 0.15) is 11.7 Å². The molecule has 27 heavy (non-hydrogen) atoms. The maximum atomic E-state index is 12.2. The van der Waals surface area contributed by atoms with E-state index >= 15 is 0 Å². The van der Waals surface area contributed by atoms with Crippen LogP contribution in [0.15, 0.2) is 53.5 Å². The number of aromatic nitrogens is 2. The van der Waals surface area contributed by atoms with Crippen molar-refractivity contribution >= 4 is 52.1 Å². The molecule has 3 aromatic rings. The number of hydrogen-bond acceptors (Lipinski definition) is 4. The van der Waals surface area contributed by atoms with Crippen LogP contribution in [0.3, 0.4) is 0 Å². The second-order valence-electron chi connectivity index (χ2n) is 5.64. The number of hydrogen-bond donors (Lipinski definition) is 2. The first-order valence-corrected chi connectivity index (χ1v) is 9.28. The molecule has 0 saturated heterocycles. The summed E-state index contributed by atoms with van der Waals surface area (Å²) < 4.78 is 1.10. The van der Waals surface area contributed by atoms with Crippen molar-refractivity contribution in [2.24, 2.45) is 0 Å². The van der Waals surface area contributed by atoms with E-state index in [-0.39, 0.29) is 16.6 Å². The molecule has 0 bridgehead atoms. The Kier molecular flexibility index (Phi) is 6.29. The van der Waals surface area contributed by atoms with E-state index in [2.05, 4.69) is 10.4 Å². The van der Waals surface area contributed by atoms with Gasteiger partial charge in [0.2, 0.25) is 0 Å². The van der Waals surface area contributed by atoms with Gasteiger partial charge in [-0.1, -0.05) is 58.5 Å². The fourth-order valence-electron chi connectivity index (χ4n) is 2.39. The third kappa shape index (κ3) is 4.57. The zero-order valence-corrected chi connectivity index (χ0v) is 16.7. The Morgan fingerprint density at radius 3 is 2.41 bits per heavy atom. The van der Waals surface area contributed by atoms with E-state index in [4.69, 9.17) is 46.4 Å². The lowest BCUT2D eigenvalue weighted by atomic mass is 10.1. The summed E-state index contributed by atoms with van der Waals surface area (Å²) in [7, 11) is 0. The highest BCUT2D eigenvalue weighted by molar-refractivity contribution is 6.41. The molecule has 1 heterocycles. The molecule has 0 aliphatic carbocycles. The number of nitrogens with zero attached hydrogens (tertiary/aromatic N) is 2. The Bertz CT molecular complexity index is 1020. The van der Waals surface area contributed by atoms with Gasteiger partial charge in [-0.25, -0.2) is 0 Å². The number of rotatable bonds is 5. The van der Waals surface area contributed by atoms with E-state index in [1.807, 2.05) is 0 Å². The second kappa shape index (κ2) is 8.50. The molecule has 0 spiro atoms. The SMILES string of the molecule is O=c1c(Cl)c(Cl)cnn1-c1ccc(NCC(O)c2ccc(Cl)cc2)c(Cl)c1. The molecule has 3 rings (SSSR count). The first kappa shape index (κ1) is 20.0. The number of nitrogens with one attached hydrogen (secondary N) is 1. The summed E-state index contributed by atoms with van der Waals surface area (Å²) in [5, 5.41) is 18.2. The fraction of sp³-hybridized carbons (Fsp3) is 0.111. The van der Waals surface area contributed by atoms with E-state index in [0.29, 0.717) is 21.4 Å². The largest absolute Gasteiger partial charge is 0.387 e. The maximum Gasteiger partial charge on any atom is 0.291 e. The molecule has 1 atom stereocenters. The van der Waals surface area contributed by atoms with Crippen molar-refractivity contribution in [2.45, 2.75) is 6.10 Å². The van der Waals surface area contributed by atoms with Gasteiger partial charge in [-0.05, 0) is 35.9 Å². The molecule has 0 saturated carbocycles. The number of aliphatic hydroxyl groups is 1. The Morgan fingerprint density at radius 2 is 1.74 bits per heavy atom. The third-order valence-electron chi connectivity index (χ3n) is 3.81. The van der Waals surface area contributed by atoms with Gasteiger partial charge in [-0.3, -0.25) is 4.79 Å². The minimum atomic E-state index is -0.739. The van der Waals surface area contributed by atoms with Gasteiger partial charge in [0.15, 0.2) is 0 Å².